The largest absolute Gasteiger partial charge is 0.493 e. The lowest BCUT2D eigenvalue weighted by molar-refractivity contribution is -0.118. The molecule has 6 nitrogen and oxygen atoms in total. The topological polar surface area (TPSA) is 76.7 Å². The summed E-state index contributed by atoms with van der Waals surface area (Å²) in [6, 6.07) is 15.2. The van der Waals surface area contributed by atoms with Crippen LogP contribution >= 0.6 is 11.6 Å². The molecule has 0 spiro atoms. The number of anilines is 2. The van der Waals surface area contributed by atoms with Gasteiger partial charge in [-0.3, -0.25) is 9.59 Å². The van der Waals surface area contributed by atoms with Crippen LogP contribution in [0.3, 0.4) is 0 Å². The Balaban J connectivity index is 1.63. The molecule has 0 radical (unpaired) electrons. The monoisotopic (exact) mass is 442 g/mol. The summed E-state index contributed by atoms with van der Waals surface area (Å²) in [6.07, 6.45) is 0. The number of nitrogens with one attached hydrogen (secondary N) is 2. The van der Waals surface area contributed by atoms with Crippen LogP contribution in [0.5, 0.6) is 11.5 Å². The Labute approximate surface area is 183 Å². The van der Waals surface area contributed by atoms with E-state index in [1.165, 1.54) is 37.4 Å². The molecule has 2 N–H and O–H groups in total. The summed E-state index contributed by atoms with van der Waals surface area (Å²) in [6.45, 7) is 1.58. The lowest BCUT2D eigenvalue weighted by Crippen LogP contribution is -2.20. The predicted octanol–water partition coefficient (Wildman–Crippen LogP) is 5.07. The van der Waals surface area contributed by atoms with E-state index in [0.717, 1.165) is 5.56 Å². The van der Waals surface area contributed by atoms with Gasteiger partial charge in [0, 0.05) is 22.0 Å². The van der Waals surface area contributed by atoms with Crippen molar-refractivity contribution in [2.24, 2.45) is 0 Å². The molecule has 31 heavy (non-hydrogen) atoms. The number of methoxy groups -OCH3 is 1. The van der Waals surface area contributed by atoms with E-state index >= 15 is 0 Å². The lowest BCUT2D eigenvalue weighted by Gasteiger charge is -2.13. The summed E-state index contributed by atoms with van der Waals surface area (Å²) in [5.41, 5.74) is 2.27. The van der Waals surface area contributed by atoms with E-state index in [0.29, 0.717) is 33.5 Å². The van der Waals surface area contributed by atoms with E-state index in [9.17, 15) is 14.0 Å². The summed E-state index contributed by atoms with van der Waals surface area (Å²) in [5, 5.41) is 5.92. The number of halogens is 2. The minimum atomic E-state index is -0.424. The van der Waals surface area contributed by atoms with Crippen LogP contribution in [0.15, 0.2) is 60.7 Å². The molecule has 0 aliphatic heterocycles. The standard InChI is InChI=1S/C23H20ClFN2O4/c1-14-3-7-18(12-19(14)24)27-23(29)15-4-10-20(21(11-15)30-2)31-13-22(28)26-17-8-5-16(25)6-9-17/h3-12H,13H2,1-2H3,(H,26,28)(H,27,29). The SMILES string of the molecule is COc1cc(C(=O)Nc2ccc(C)c(Cl)c2)ccc1OCC(=O)Nc1ccc(F)cc1. The normalized spacial score (nSPS) is 10.3. The molecule has 3 aromatic carbocycles. The second kappa shape index (κ2) is 9.95. The van der Waals surface area contributed by atoms with Crippen molar-refractivity contribution < 1.29 is 23.5 Å². The Morgan fingerprint density at radius 3 is 2.32 bits per heavy atom. The fourth-order valence-electron chi connectivity index (χ4n) is 2.68. The first-order valence-corrected chi connectivity index (χ1v) is 9.67. The number of aryl methyl sites for hydroxylation is 1. The summed E-state index contributed by atoms with van der Waals surface area (Å²) in [4.78, 5) is 24.6. The van der Waals surface area contributed by atoms with Gasteiger partial charge in [-0.2, -0.15) is 0 Å². The third-order valence-corrected chi connectivity index (χ3v) is 4.75. The Hall–Kier alpha value is -3.58. The van der Waals surface area contributed by atoms with Gasteiger partial charge in [-0.25, -0.2) is 4.39 Å². The van der Waals surface area contributed by atoms with E-state index in [4.69, 9.17) is 21.1 Å². The minimum absolute atomic E-state index is 0.291. The molecule has 3 rings (SSSR count). The van der Waals surface area contributed by atoms with Crippen LogP contribution in [0.1, 0.15) is 15.9 Å². The molecular formula is C23H20ClFN2O4. The first-order chi connectivity index (χ1) is 14.9. The van der Waals surface area contributed by atoms with Gasteiger partial charge >= 0.3 is 0 Å². The van der Waals surface area contributed by atoms with Gasteiger partial charge in [0.2, 0.25) is 0 Å². The number of hydrogen-bond acceptors (Lipinski definition) is 4. The Morgan fingerprint density at radius 1 is 0.935 bits per heavy atom. The maximum Gasteiger partial charge on any atom is 0.262 e. The highest BCUT2D eigenvalue weighted by atomic mass is 35.5. The summed E-state index contributed by atoms with van der Waals surface area (Å²) in [5.74, 6) is -0.574. The molecule has 0 fully saturated rings. The fraction of sp³-hybridized carbons (Fsp3) is 0.130. The lowest BCUT2D eigenvalue weighted by atomic mass is 10.1. The highest BCUT2D eigenvalue weighted by Crippen LogP contribution is 2.29. The average molecular weight is 443 g/mol. The highest BCUT2D eigenvalue weighted by molar-refractivity contribution is 6.31. The minimum Gasteiger partial charge on any atom is -0.493 e. The molecule has 0 saturated carbocycles. The number of carbonyl (C=O) groups is 2. The Morgan fingerprint density at radius 2 is 1.65 bits per heavy atom. The van der Waals surface area contributed by atoms with Crippen molar-refractivity contribution in [3.8, 4) is 11.5 Å². The predicted molar refractivity (Wildman–Crippen MR) is 118 cm³/mol. The molecule has 3 aromatic rings. The van der Waals surface area contributed by atoms with Gasteiger partial charge in [-0.1, -0.05) is 17.7 Å². The van der Waals surface area contributed by atoms with Crippen LogP contribution in [-0.4, -0.2) is 25.5 Å². The van der Waals surface area contributed by atoms with Crippen LogP contribution in [0, 0.1) is 12.7 Å². The van der Waals surface area contributed by atoms with Crippen LogP contribution in [0.2, 0.25) is 5.02 Å². The van der Waals surface area contributed by atoms with E-state index in [1.807, 2.05) is 13.0 Å². The van der Waals surface area contributed by atoms with Crippen molar-refractivity contribution in [3.63, 3.8) is 0 Å². The van der Waals surface area contributed by atoms with Gasteiger partial charge in [0.05, 0.1) is 7.11 Å². The number of ether oxygens (including phenoxy) is 2. The van der Waals surface area contributed by atoms with Crippen LogP contribution in [0.25, 0.3) is 0 Å². The molecule has 0 atom stereocenters. The summed E-state index contributed by atoms with van der Waals surface area (Å²) < 4.78 is 23.7. The molecule has 2 amide bonds. The van der Waals surface area contributed by atoms with Crippen molar-refractivity contribution in [1.82, 2.24) is 0 Å². The second-order valence-electron chi connectivity index (χ2n) is 6.63. The van der Waals surface area contributed by atoms with Crippen molar-refractivity contribution in [2.45, 2.75) is 6.92 Å². The zero-order valence-corrected chi connectivity index (χ0v) is 17.6. The van der Waals surface area contributed by atoms with Crippen molar-refractivity contribution in [3.05, 3.63) is 82.6 Å². The van der Waals surface area contributed by atoms with Crippen LogP contribution < -0.4 is 20.1 Å². The second-order valence-corrected chi connectivity index (χ2v) is 7.03. The molecule has 0 unspecified atom stereocenters. The van der Waals surface area contributed by atoms with E-state index in [-0.39, 0.29) is 12.5 Å². The summed E-state index contributed by atoms with van der Waals surface area (Å²) >= 11 is 6.09. The molecule has 0 saturated heterocycles. The van der Waals surface area contributed by atoms with E-state index in [1.54, 1.807) is 24.3 Å². The van der Waals surface area contributed by atoms with Crippen molar-refractivity contribution in [1.29, 1.82) is 0 Å². The molecule has 0 aliphatic carbocycles. The average Bonchev–Trinajstić information content (AvgIpc) is 2.76. The quantitative estimate of drug-likeness (QED) is 0.536. The van der Waals surface area contributed by atoms with Gasteiger partial charge in [0.25, 0.3) is 11.8 Å². The third-order valence-electron chi connectivity index (χ3n) is 4.34. The fourth-order valence-corrected chi connectivity index (χ4v) is 2.86. The zero-order chi connectivity index (χ0) is 22.4. The van der Waals surface area contributed by atoms with Crippen LogP contribution in [0.4, 0.5) is 15.8 Å². The molecule has 8 heteroatoms. The van der Waals surface area contributed by atoms with Crippen LogP contribution in [-0.2, 0) is 4.79 Å². The van der Waals surface area contributed by atoms with E-state index in [2.05, 4.69) is 10.6 Å². The maximum absolute atomic E-state index is 12.9. The molecular weight excluding hydrogens is 423 g/mol. The zero-order valence-electron chi connectivity index (χ0n) is 16.9. The molecule has 160 valence electrons. The number of benzene rings is 3. The summed E-state index contributed by atoms with van der Waals surface area (Å²) in [7, 11) is 1.43. The molecule has 0 aliphatic rings. The first-order valence-electron chi connectivity index (χ1n) is 9.29. The van der Waals surface area contributed by atoms with Gasteiger partial charge < -0.3 is 20.1 Å². The maximum atomic E-state index is 12.9. The van der Waals surface area contributed by atoms with Gasteiger partial charge in [0.1, 0.15) is 5.82 Å². The Bertz CT molecular complexity index is 1100. The molecule has 0 heterocycles. The van der Waals surface area contributed by atoms with E-state index < -0.39 is 11.7 Å². The smallest absolute Gasteiger partial charge is 0.262 e. The number of hydrogen-bond donors (Lipinski definition) is 2. The number of carbonyl (C=O) groups excluding carboxylic acids is 2. The number of rotatable bonds is 7. The molecule has 0 bridgehead atoms. The van der Waals surface area contributed by atoms with Gasteiger partial charge in [-0.05, 0) is 67.1 Å². The Kier molecular flexibility index (Phi) is 7.10. The van der Waals surface area contributed by atoms with Crippen molar-refractivity contribution >= 4 is 34.8 Å². The highest BCUT2D eigenvalue weighted by Gasteiger charge is 2.13. The number of amides is 2. The van der Waals surface area contributed by atoms with Gasteiger partial charge in [0.15, 0.2) is 18.1 Å². The van der Waals surface area contributed by atoms with Crippen molar-refractivity contribution in [2.75, 3.05) is 24.4 Å². The van der Waals surface area contributed by atoms with Gasteiger partial charge in [-0.15, -0.1) is 0 Å². The first kappa shape index (κ1) is 22.1. The third kappa shape index (κ3) is 5.96. The molecule has 0 aromatic heterocycles.